The molecule has 5 nitrogen and oxygen atoms in total. The molecule has 0 spiro atoms. The molecule has 0 aliphatic carbocycles. The Morgan fingerprint density at radius 1 is 1.17 bits per heavy atom. The molecule has 24 heavy (non-hydrogen) atoms. The highest BCUT2D eigenvalue weighted by molar-refractivity contribution is 6.04. The van der Waals surface area contributed by atoms with E-state index in [0.717, 1.165) is 6.07 Å². The van der Waals surface area contributed by atoms with E-state index in [0.29, 0.717) is 5.69 Å². The summed E-state index contributed by atoms with van der Waals surface area (Å²) in [4.78, 5) is 16.0. The van der Waals surface area contributed by atoms with Crippen molar-refractivity contribution >= 4 is 11.6 Å². The molecule has 0 atom stereocenters. The van der Waals surface area contributed by atoms with Crippen molar-refractivity contribution in [3.8, 4) is 11.4 Å². The summed E-state index contributed by atoms with van der Waals surface area (Å²) in [7, 11) is 1.34. The number of benzene rings is 2. The van der Waals surface area contributed by atoms with E-state index in [1.165, 1.54) is 48.5 Å². The summed E-state index contributed by atoms with van der Waals surface area (Å²) in [6.07, 6.45) is 4.61. The summed E-state index contributed by atoms with van der Waals surface area (Å²) >= 11 is 0. The Hall–Kier alpha value is -3.22. The Balaban J connectivity index is 1.80. The lowest BCUT2D eigenvalue weighted by atomic mass is 10.2. The van der Waals surface area contributed by atoms with E-state index in [4.69, 9.17) is 4.74 Å². The van der Waals surface area contributed by atoms with Crippen LogP contribution in [0.5, 0.6) is 5.75 Å². The van der Waals surface area contributed by atoms with Crippen molar-refractivity contribution in [1.29, 1.82) is 0 Å². The molecular weight excluding hydrogens is 316 g/mol. The van der Waals surface area contributed by atoms with Crippen molar-refractivity contribution in [2.45, 2.75) is 0 Å². The fraction of sp³-hybridized carbons (Fsp3) is 0.0588. The normalized spacial score (nSPS) is 10.5. The number of carbonyl (C=O) groups excluding carboxylic acids is 1. The van der Waals surface area contributed by atoms with E-state index in [1.807, 2.05) is 0 Å². The molecule has 7 heteroatoms. The molecular formula is C17H13F2N3O2. The molecule has 0 radical (unpaired) electrons. The second-order valence-corrected chi connectivity index (χ2v) is 4.94. The van der Waals surface area contributed by atoms with Gasteiger partial charge < -0.3 is 14.6 Å². The molecule has 1 aromatic heterocycles. The van der Waals surface area contributed by atoms with Gasteiger partial charge >= 0.3 is 0 Å². The molecule has 3 aromatic rings. The van der Waals surface area contributed by atoms with E-state index in [2.05, 4.69) is 10.3 Å². The summed E-state index contributed by atoms with van der Waals surface area (Å²) < 4.78 is 34.1. The van der Waals surface area contributed by atoms with Gasteiger partial charge in [0.05, 0.1) is 19.1 Å². The van der Waals surface area contributed by atoms with Gasteiger partial charge in [0, 0.05) is 23.6 Å². The zero-order valence-corrected chi connectivity index (χ0v) is 12.7. The van der Waals surface area contributed by atoms with Gasteiger partial charge in [0.2, 0.25) is 0 Å². The molecule has 0 unspecified atom stereocenters. The van der Waals surface area contributed by atoms with Crippen molar-refractivity contribution in [2.75, 3.05) is 12.4 Å². The highest BCUT2D eigenvalue weighted by Crippen LogP contribution is 2.21. The molecule has 0 aliphatic rings. The van der Waals surface area contributed by atoms with Crippen LogP contribution < -0.4 is 10.1 Å². The lowest BCUT2D eigenvalue weighted by Gasteiger charge is -2.09. The van der Waals surface area contributed by atoms with Gasteiger partial charge in [-0.2, -0.15) is 0 Å². The Kier molecular flexibility index (Phi) is 4.24. The number of amides is 1. The Bertz CT molecular complexity index is 880. The van der Waals surface area contributed by atoms with Gasteiger partial charge in [-0.25, -0.2) is 13.8 Å². The third kappa shape index (κ3) is 3.10. The summed E-state index contributed by atoms with van der Waals surface area (Å²) in [6.45, 7) is 0. The lowest BCUT2D eigenvalue weighted by Crippen LogP contribution is -2.12. The predicted molar refractivity (Wildman–Crippen MR) is 84.4 cm³/mol. The number of nitrogens with zero attached hydrogens (tertiary/aromatic N) is 2. The second kappa shape index (κ2) is 6.49. The van der Waals surface area contributed by atoms with Crippen LogP contribution in [0.3, 0.4) is 0 Å². The third-order valence-corrected chi connectivity index (χ3v) is 3.40. The van der Waals surface area contributed by atoms with Crippen LogP contribution in [0.2, 0.25) is 0 Å². The molecule has 2 aromatic carbocycles. The average molecular weight is 329 g/mol. The largest absolute Gasteiger partial charge is 0.494 e. The zero-order valence-electron chi connectivity index (χ0n) is 12.7. The number of rotatable bonds is 4. The van der Waals surface area contributed by atoms with Crippen molar-refractivity contribution in [1.82, 2.24) is 9.55 Å². The van der Waals surface area contributed by atoms with E-state index < -0.39 is 17.5 Å². The average Bonchev–Trinajstić information content (AvgIpc) is 3.09. The summed E-state index contributed by atoms with van der Waals surface area (Å²) in [5, 5.41) is 2.52. The number of methoxy groups -OCH3 is 1. The number of nitrogens with one attached hydrogen (secondary N) is 1. The highest BCUT2D eigenvalue weighted by Gasteiger charge is 2.12. The molecule has 0 bridgehead atoms. The van der Waals surface area contributed by atoms with Gasteiger partial charge in [-0.3, -0.25) is 4.79 Å². The molecule has 3 rings (SSSR count). The number of imidazole rings is 1. The first-order chi connectivity index (χ1) is 11.6. The van der Waals surface area contributed by atoms with Crippen LogP contribution in [0.15, 0.2) is 55.1 Å². The second-order valence-electron chi connectivity index (χ2n) is 4.94. The van der Waals surface area contributed by atoms with Crippen LogP contribution in [-0.4, -0.2) is 22.6 Å². The van der Waals surface area contributed by atoms with Gasteiger partial charge in [-0.05, 0) is 36.4 Å². The predicted octanol–water partition coefficient (Wildman–Crippen LogP) is 3.41. The van der Waals surface area contributed by atoms with Crippen LogP contribution in [0.1, 0.15) is 10.4 Å². The van der Waals surface area contributed by atoms with Gasteiger partial charge in [-0.1, -0.05) is 0 Å². The topological polar surface area (TPSA) is 56.1 Å². The molecule has 1 N–H and O–H groups in total. The van der Waals surface area contributed by atoms with Crippen molar-refractivity contribution < 1.29 is 18.3 Å². The first-order valence-corrected chi connectivity index (χ1v) is 7.01. The number of halogens is 2. The number of hydrogen-bond donors (Lipinski definition) is 1. The molecule has 0 saturated heterocycles. The minimum absolute atomic E-state index is 0.0438. The Morgan fingerprint density at radius 2 is 2.00 bits per heavy atom. The van der Waals surface area contributed by atoms with Crippen LogP contribution in [-0.2, 0) is 0 Å². The molecule has 0 fully saturated rings. The maximum atomic E-state index is 14.2. The van der Waals surface area contributed by atoms with Crippen LogP contribution in [0, 0.1) is 11.6 Å². The third-order valence-electron chi connectivity index (χ3n) is 3.40. The number of hydrogen-bond acceptors (Lipinski definition) is 3. The number of carbonyl (C=O) groups is 1. The molecule has 122 valence electrons. The smallest absolute Gasteiger partial charge is 0.255 e. The van der Waals surface area contributed by atoms with Crippen molar-refractivity contribution in [3.63, 3.8) is 0 Å². The van der Waals surface area contributed by atoms with Gasteiger partial charge in [0.25, 0.3) is 5.91 Å². The van der Waals surface area contributed by atoms with E-state index >= 15 is 0 Å². The standard InChI is InChI=1S/C17H13F2N3O2/c1-24-16-5-2-11(8-14(16)19)17(23)21-12-3-4-15(13(18)9-12)22-7-6-20-10-22/h2-10H,1H3,(H,21,23). The SMILES string of the molecule is COc1ccc(C(=O)Nc2ccc(-n3ccnc3)c(F)c2)cc1F. The van der Waals surface area contributed by atoms with Gasteiger partial charge in [0.15, 0.2) is 11.6 Å². The van der Waals surface area contributed by atoms with E-state index in [-0.39, 0.29) is 17.0 Å². The monoisotopic (exact) mass is 329 g/mol. The Labute approximate surface area is 136 Å². The number of aromatic nitrogens is 2. The quantitative estimate of drug-likeness (QED) is 0.798. The fourth-order valence-electron chi connectivity index (χ4n) is 2.21. The minimum Gasteiger partial charge on any atom is -0.494 e. The zero-order chi connectivity index (χ0) is 17.1. The lowest BCUT2D eigenvalue weighted by molar-refractivity contribution is 0.102. The first-order valence-electron chi connectivity index (χ1n) is 7.01. The maximum absolute atomic E-state index is 14.2. The fourth-order valence-corrected chi connectivity index (χ4v) is 2.21. The number of anilines is 1. The van der Waals surface area contributed by atoms with Crippen LogP contribution >= 0.6 is 0 Å². The van der Waals surface area contributed by atoms with Crippen molar-refractivity contribution in [2.24, 2.45) is 0 Å². The molecule has 0 aliphatic heterocycles. The molecule has 1 amide bonds. The first kappa shape index (κ1) is 15.7. The van der Waals surface area contributed by atoms with E-state index in [1.54, 1.807) is 12.3 Å². The summed E-state index contributed by atoms with van der Waals surface area (Å²) in [5.74, 6) is -1.67. The molecule has 0 saturated carbocycles. The van der Waals surface area contributed by atoms with Crippen molar-refractivity contribution in [3.05, 3.63) is 72.3 Å². The maximum Gasteiger partial charge on any atom is 0.255 e. The van der Waals surface area contributed by atoms with Gasteiger partial charge in [-0.15, -0.1) is 0 Å². The van der Waals surface area contributed by atoms with E-state index in [9.17, 15) is 13.6 Å². The van der Waals surface area contributed by atoms with Crippen LogP contribution in [0.25, 0.3) is 5.69 Å². The summed E-state index contributed by atoms with van der Waals surface area (Å²) in [6, 6.07) is 8.09. The number of ether oxygens (including phenoxy) is 1. The minimum atomic E-state index is -0.646. The van der Waals surface area contributed by atoms with Crippen LogP contribution in [0.4, 0.5) is 14.5 Å². The Morgan fingerprint density at radius 3 is 2.62 bits per heavy atom. The molecule has 1 heterocycles. The highest BCUT2D eigenvalue weighted by atomic mass is 19.1. The summed E-state index contributed by atoms with van der Waals surface area (Å²) in [5.41, 5.74) is 0.672. The van der Waals surface area contributed by atoms with Gasteiger partial charge in [0.1, 0.15) is 5.82 Å².